The van der Waals surface area contributed by atoms with Crippen LogP contribution in [0.1, 0.15) is 17.5 Å². The fraction of sp³-hybridized carbons (Fsp3) is 0.273. The molecule has 0 amide bonds. The van der Waals surface area contributed by atoms with E-state index in [9.17, 15) is 5.11 Å². The van der Waals surface area contributed by atoms with Crippen LogP contribution in [0.2, 0.25) is 0 Å². The van der Waals surface area contributed by atoms with E-state index in [1.165, 1.54) is 0 Å². The van der Waals surface area contributed by atoms with Crippen molar-refractivity contribution in [3.8, 4) is 5.75 Å². The smallest absolute Gasteiger partial charge is 0.122 e. The maximum Gasteiger partial charge on any atom is 0.122 e. The number of aromatic hydroxyl groups is 1. The van der Waals surface area contributed by atoms with Gasteiger partial charge in [-0.25, -0.2) is 0 Å². The van der Waals surface area contributed by atoms with Gasteiger partial charge in [0.05, 0.1) is 0 Å². The molecule has 0 saturated carbocycles. The molecule has 1 aromatic carbocycles. The van der Waals surface area contributed by atoms with Crippen LogP contribution in [-0.4, -0.2) is 16.8 Å². The predicted octanol–water partition coefficient (Wildman–Crippen LogP) is 2.10. The summed E-state index contributed by atoms with van der Waals surface area (Å²) in [6.07, 6.45) is 4.28. The number of aliphatic hydroxyl groups excluding tert-OH is 1. The Morgan fingerprint density at radius 1 is 1.38 bits per heavy atom. The molecule has 70 valence electrons. The summed E-state index contributed by atoms with van der Waals surface area (Å²) in [6, 6.07) is 5.44. The second-order valence-corrected chi connectivity index (χ2v) is 2.98. The van der Waals surface area contributed by atoms with E-state index < -0.39 is 0 Å². The highest BCUT2D eigenvalue weighted by Crippen LogP contribution is 2.19. The summed E-state index contributed by atoms with van der Waals surface area (Å²) in [4.78, 5) is 0. The largest absolute Gasteiger partial charge is 0.507 e. The number of phenols is 1. The molecule has 0 saturated heterocycles. The van der Waals surface area contributed by atoms with E-state index in [-0.39, 0.29) is 12.4 Å². The number of hydrogen-bond donors (Lipinski definition) is 2. The van der Waals surface area contributed by atoms with Gasteiger partial charge in [-0.3, -0.25) is 0 Å². The van der Waals surface area contributed by atoms with Crippen LogP contribution >= 0.6 is 0 Å². The van der Waals surface area contributed by atoms with Gasteiger partial charge in [0.15, 0.2) is 0 Å². The highest BCUT2D eigenvalue weighted by Gasteiger charge is 1.95. The summed E-state index contributed by atoms with van der Waals surface area (Å²) in [7, 11) is 0. The van der Waals surface area contributed by atoms with Gasteiger partial charge in [0.25, 0.3) is 0 Å². The molecule has 2 heteroatoms. The van der Waals surface area contributed by atoms with Crippen molar-refractivity contribution in [3.05, 3.63) is 35.4 Å². The fourth-order valence-electron chi connectivity index (χ4n) is 1.09. The summed E-state index contributed by atoms with van der Waals surface area (Å²) in [5.41, 5.74) is 1.91. The Morgan fingerprint density at radius 2 is 2.15 bits per heavy atom. The van der Waals surface area contributed by atoms with Crippen molar-refractivity contribution in [1.82, 2.24) is 0 Å². The minimum absolute atomic E-state index is 0.142. The Labute approximate surface area is 78.2 Å². The number of hydrogen-bond acceptors (Lipinski definition) is 2. The van der Waals surface area contributed by atoms with Crippen molar-refractivity contribution < 1.29 is 10.2 Å². The first-order valence-corrected chi connectivity index (χ1v) is 4.31. The van der Waals surface area contributed by atoms with E-state index in [2.05, 4.69) is 0 Å². The highest BCUT2D eigenvalue weighted by molar-refractivity contribution is 5.57. The number of rotatable bonds is 3. The molecule has 0 aliphatic carbocycles. The van der Waals surface area contributed by atoms with Crippen LogP contribution in [-0.2, 0) is 0 Å². The lowest BCUT2D eigenvalue weighted by Gasteiger charge is -1.99. The number of aryl methyl sites for hydroxylation is 1. The Hall–Kier alpha value is -1.28. The molecule has 0 bridgehead atoms. The third kappa shape index (κ3) is 2.92. The predicted molar refractivity (Wildman–Crippen MR) is 53.6 cm³/mol. The van der Waals surface area contributed by atoms with Crippen LogP contribution in [0.25, 0.3) is 6.08 Å². The van der Waals surface area contributed by atoms with Gasteiger partial charge >= 0.3 is 0 Å². The molecule has 0 aliphatic rings. The van der Waals surface area contributed by atoms with Crippen LogP contribution < -0.4 is 0 Å². The van der Waals surface area contributed by atoms with E-state index in [1.807, 2.05) is 31.2 Å². The lowest BCUT2D eigenvalue weighted by Crippen LogP contribution is -1.79. The van der Waals surface area contributed by atoms with Gasteiger partial charge in [0, 0.05) is 12.2 Å². The summed E-state index contributed by atoms with van der Waals surface area (Å²) >= 11 is 0. The zero-order valence-corrected chi connectivity index (χ0v) is 7.70. The molecule has 13 heavy (non-hydrogen) atoms. The SMILES string of the molecule is Cc1ccc(O)c(C=CCCO)c1. The maximum absolute atomic E-state index is 9.42. The van der Waals surface area contributed by atoms with Crippen molar-refractivity contribution in [2.75, 3.05) is 6.61 Å². The van der Waals surface area contributed by atoms with Crippen LogP contribution in [0.4, 0.5) is 0 Å². The van der Waals surface area contributed by atoms with Crippen LogP contribution in [0.5, 0.6) is 5.75 Å². The third-order valence-corrected chi connectivity index (χ3v) is 1.78. The Bertz CT molecular complexity index is 303. The average Bonchev–Trinajstić information content (AvgIpc) is 2.11. The lowest BCUT2D eigenvalue weighted by atomic mass is 10.1. The van der Waals surface area contributed by atoms with Gasteiger partial charge in [-0.1, -0.05) is 23.8 Å². The normalized spacial score (nSPS) is 10.9. The average molecular weight is 178 g/mol. The molecule has 0 aromatic heterocycles. The molecule has 0 radical (unpaired) electrons. The lowest BCUT2D eigenvalue weighted by molar-refractivity contribution is 0.303. The zero-order valence-electron chi connectivity index (χ0n) is 7.70. The molecule has 0 unspecified atom stereocenters. The Morgan fingerprint density at radius 3 is 2.85 bits per heavy atom. The summed E-state index contributed by atoms with van der Waals surface area (Å²) in [6.45, 7) is 2.12. The third-order valence-electron chi connectivity index (χ3n) is 1.78. The van der Waals surface area contributed by atoms with Gasteiger partial charge in [0.2, 0.25) is 0 Å². The molecule has 0 atom stereocenters. The van der Waals surface area contributed by atoms with Crippen LogP contribution in [0, 0.1) is 6.92 Å². The molecule has 0 heterocycles. The molecular formula is C11H14O2. The van der Waals surface area contributed by atoms with Crippen molar-refractivity contribution in [3.63, 3.8) is 0 Å². The Kier molecular flexibility index (Phi) is 3.53. The molecule has 0 spiro atoms. The molecular weight excluding hydrogens is 164 g/mol. The second kappa shape index (κ2) is 4.67. The highest BCUT2D eigenvalue weighted by atomic mass is 16.3. The first-order valence-electron chi connectivity index (χ1n) is 4.31. The topological polar surface area (TPSA) is 40.5 Å². The van der Waals surface area contributed by atoms with E-state index in [1.54, 1.807) is 6.07 Å². The molecule has 1 aromatic rings. The van der Waals surface area contributed by atoms with Crippen molar-refractivity contribution in [2.24, 2.45) is 0 Å². The Balaban J connectivity index is 2.81. The molecule has 2 nitrogen and oxygen atoms in total. The minimum atomic E-state index is 0.142. The van der Waals surface area contributed by atoms with E-state index in [0.717, 1.165) is 11.1 Å². The second-order valence-electron chi connectivity index (χ2n) is 2.98. The monoisotopic (exact) mass is 178 g/mol. The molecule has 0 aliphatic heterocycles. The van der Waals surface area contributed by atoms with Crippen molar-refractivity contribution >= 4 is 6.08 Å². The van der Waals surface area contributed by atoms with Crippen molar-refractivity contribution in [1.29, 1.82) is 0 Å². The number of benzene rings is 1. The van der Waals surface area contributed by atoms with Gasteiger partial charge in [-0.05, 0) is 25.5 Å². The number of phenolic OH excluding ortho intramolecular Hbond substituents is 1. The van der Waals surface area contributed by atoms with Gasteiger partial charge in [0.1, 0.15) is 5.75 Å². The first-order chi connectivity index (χ1) is 6.24. The van der Waals surface area contributed by atoms with Crippen LogP contribution in [0.15, 0.2) is 24.3 Å². The van der Waals surface area contributed by atoms with Crippen molar-refractivity contribution in [2.45, 2.75) is 13.3 Å². The van der Waals surface area contributed by atoms with Crippen LogP contribution in [0.3, 0.4) is 0 Å². The number of aliphatic hydroxyl groups is 1. The molecule has 0 fully saturated rings. The standard InChI is InChI=1S/C11H14O2/c1-9-5-6-11(13)10(8-9)4-2-3-7-12/h2,4-6,8,12-13H,3,7H2,1H3. The zero-order chi connectivity index (χ0) is 9.68. The van der Waals surface area contributed by atoms with Gasteiger partial charge < -0.3 is 10.2 Å². The first kappa shape index (κ1) is 9.81. The minimum Gasteiger partial charge on any atom is -0.507 e. The summed E-state index contributed by atoms with van der Waals surface area (Å²) in [5, 5.41) is 18.0. The van der Waals surface area contributed by atoms with E-state index >= 15 is 0 Å². The van der Waals surface area contributed by atoms with E-state index in [0.29, 0.717) is 6.42 Å². The summed E-state index contributed by atoms with van der Waals surface area (Å²) < 4.78 is 0. The summed E-state index contributed by atoms with van der Waals surface area (Å²) in [5.74, 6) is 0.278. The molecule has 1 rings (SSSR count). The quantitative estimate of drug-likeness (QED) is 0.744. The van der Waals surface area contributed by atoms with Gasteiger partial charge in [-0.15, -0.1) is 0 Å². The molecule has 2 N–H and O–H groups in total. The van der Waals surface area contributed by atoms with E-state index in [4.69, 9.17) is 5.11 Å². The van der Waals surface area contributed by atoms with Gasteiger partial charge in [-0.2, -0.15) is 0 Å². The fourth-order valence-corrected chi connectivity index (χ4v) is 1.09. The maximum atomic E-state index is 9.42.